The van der Waals surface area contributed by atoms with Crippen LogP contribution in [0.2, 0.25) is 0 Å². The molecule has 1 atom stereocenters. The number of nitrogens with zero attached hydrogens (tertiary/aromatic N) is 3. The van der Waals surface area contributed by atoms with Gasteiger partial charge in [-0.3, -0.25) is 9.79 Å². The molecule has 0 aliphatic carbocycles. The Morgan fingerprint density at radius 3 is 2.61 bits per heavy atom. The first-order chi connectivity index (χ1) is 13.2. The molecule has 2 fully saturated rings. The fraction of sp³-hybridized carbons (Fsp3) is 0.600. The van der Waals surface area contributed by atoms with Crippen molar-refractivity contribution in [2.75, 3.05) is 44.2 Å². The van der Waals surface area contributed by atoms with Crippen molar-refractivity contribution in [2.24, 2.45) is 4.99 Å². The number of hydrogen-bond acceptors (Lipinski definition) is 3. The van der Waals surface area contributed by atoms with Crippen LogP contribution in [0.4, 0.5) is 5.69 Å². The zero-order valence-electron chi connectivity index (χ0n) is 16.5. The molecule has 8 heteroatoms. The van der Waals surface area contributed by atoms with E-state index in [4.69, 9.17) is 0 Å². The number of carbonyl (C=O) groups excluding carboxylic acids is 1. The summed E-state index contributed by atoms with van der Waals surface area (Å²) in [5, 5.41) is 6.84. The van der Waals surface area contributed by atoms with Gasteiger partial charge in [-0.25, -0.2) is 0 Å². The third-order valence-electron chi connectivity index (χ3n) is 5.12. The van der Waals surface area contributed by atoms with Crippen LogP contribution < -0.4 is 15.5 Å². The molecule has 6 nitrogen and oxygen atoms in total. The predicted molar refractivity (Wildman–Crippen MR) is 130 cm³/mol. The summed E-state index contributed by atoms with van der Waals surface area (Å²) in [4.78, 5) is 21.1. The molecule has 156 valence electrons. The van der Waals surface area contributed by atoms with Gasteiger partial charge < -0.3 is 20.4 Å². The minimum Gasteiger partial charge on any atom is -0.369 e. The molecule has 1 aromatic rings. The molecule has 3 rings (SSSR count). The van der Waals surface area contributed by atoms with Gasteiger partial charge in [0, 0.05) is 55.3 Å². The lowest BCUT2D eigenvalue weighted by Gasteiger charge is -2.20. The highest BCUT2D eigenvalue weighted by atomic mass is 127. The maximum atomic E-state index is 12.2. The molecule has 0 saturated carbocycles. The molecule has 28 heavy (non-hydrogen) atoms. The summed E-state index contributed by atoms with van der Waals surface area (Å²) < 4.78 is 1.10. The molecule has 0 radical (unpaired) electrons. The van der Waals surface area contributed by atoms with Crippen LogP contribution in [0.5, 0.6) is 0 Å². The molecule has 0 bridgehead atoms. The van der Waals surface area contributed by atoms with Crippen molar-refractivity contribution in [3.63, 3.8) is 0 Å². The van der Waals surface area contributed by atoms with Gasteiger partial charge in [0.1, 0.15) is 0 Å². The topological polar surface area (TPSA) is 60.0 Å². The number of anilines is 1. The number of rotatable bonds is 6. The molecule has 2 N–H and O–H groups in total. The average molecular weight is 564 g/mol. The third-order valence-corrected chi connectivity index (χ3v) is 5.65. The SMILES string of the molecule is CCNC(=NCCC(=O)N1CCCC1)NC1CCN(c2ccc(Br)cc2)C1.I. The Balaban J connectivity index is 0.00000280. The van der Waals surface area contributed by atoms with Gasteiger partial charge in [0.15, 0.2) is 5.96 Å². The number of aliphatic imine (C=N–C) groups is 1. The van der Waals surface area contributed by atoms with Gasteiger partial charge in [0.2, 0.25) is 5.91 Å². The fourth-order valence-electron chi connectivity index (χ4n) is 3.67. The maximum Gasteiger partial charge on any atom is 0.224 e. The fourth-order valence-corrected chi connectivity index (χ4v) is 3.93. The van der Waals surface area contributed by atoms with E-state index in [2.05, 4.69) is 67.6 Å². The van der Waals surface area contributed by atoms with Crippen molar-refractivity contribution in [1.29, 1.82) is 0 Å². The van der Waals surface area contributed by atoms with Crippen LogP contribution in [0.3, 0.4) is 0 Å². The lowest BCUT2D eigenvalue weighted by molar-refractivity contribution is -0.129. The number of guanidine groups is 1. The zero-order chi connectivity index (χ0) is 19.1. The van der Waals surface area contributed by atoms with E-state index in [0.717, 1.165) is 62.4 Å². The molecule has 2 saturated heterocycles. The van der Waals surface area contributed by atoms with E-state index in [1.54, 1.807) is 0 Å². The summed E-state index contributed by atoms with van der Waals surface area (Å²) in [5.41, 5.74) is 1.25. The second kappa shape index (κ2) is 11.8. The van der Waals surface area contributed by atoms with Gasteiger partial charge in [-0.2, -0.15) is 0 Å². The Kier molecular flexibility index (Phi) is 9.84. The Labute approximate surface area is 193 Å². The van der Waals surface area contributed by atoms with E-state index >= 15 is 0 Å². The van der Waals surface area contributed by atoms with E-state index < -0.39 is 0 Å². The summed E-state index contributed by atoms with van der Waals surface area (Å²) in [6, 6.07) is 8.82. The third kappa shape index (κ3) is 6.79. The lowest BCUT2D eigenvalue weighted by Crippen LogP contribution is -2.44. The Morgan fingerprint density at radius 1 is 1.21 bits per heavy atom. The number of amides is 1. The maximum absolute atomic E-state index is 12.2. The molecular formula is C20H31BrIN5O. The average Bonchev–Trinajstić information content (AvgIpc) is 3.34. The van der Waals surface area contributed by atoms with Gasteiger partial charge in [-0.05, 0) is 50.5 Å². The Bertz CT molecular complexity index is 649. The summed E-state index contributed by atoms with van der Waals surface area (Å²) in [5.74, 6) is 1.05. The minimum absolute atomic E-state index is 0. The number of carbonyl (C=O) groups is 1. The van der Waals surface area contributed by atoms with Crippen LogP contribution in [0.25, 0.3) is 0 Å². The number of nitrogens with one attached hydrogen (secondary N) is 2. The van der Waals surface area contributed by atoms with Crippen molar-refractivity contribution in [3.8, 4) is 0 Å². The van der Waals surface area contributed by atoms with Crippen LogP contribution in [-0.2, 0) is 4.79 Å². The molecule has 2 aliphatic rings. The van der Waals surface area contributed by atoms with Crippen LogP contribution >= 0.6 is 39.9 Å². The molecule has 1 unspecified atom stereocenters. The van der Waals surface area contributed by atoms with Gasteiger partial charge in [0.05, 0.1) is 6.54 Å². The van der Waals surface area contributed by atoms with Crippen molar-refractivity contribution in [3.05, 3.63) is 28.7 Å². The van der Waals surface area contributed by atoms with Gasteiger partial charge >= 0.3 is 0 Å². The van der Waals surface area contributed by atoms with Crippen molar-refractivity contribution >= 4 is 57.5 Å². The smallest absolute Gasteiger partial charge is 0.224 e. The molecule has 0 aromatic heterocycles. The van der Waals surface area contributed by atoms with Crippen molar-refractivity contribution < 1.29 is 4.79 Å². The van der Waals surface area contributed by atoms with E-state index in [0.29, 0.717) is 19.0 Å². The largest absolute Gasteiger partial charge is 0.369 e. The number of halogens is 2. The summed E-state index contributed by atoms with van der Waals surface area (Å²) in [7, 11) is 0. The summed E-state index contributed by atoms with van der Waals surface area (Å²) in [6.45, 7) is 7.23. The first-order valence-corrected chi connectivity index (χ1v) is 10.8. The van der Waals surface area contributed by atoms with Gasteiger partial charge in [-0.15, -0.1) is 24.0 Å². The Morgan fingerprint density at radius 2 is 1.93 bits per heavy atom. The van der Waals surface area contributed by atoms with Crippen LogP contribution in [0, 0.1) is 0 Å². The van der Waals surface area contributed by atoms with Crippen molar-refractivity contribution in [2.45, 2.75) is 38.6 Å². The van der Waals surface area contributed by atoms with Gasteiger partial charge in [0.25, 0.3) is 0 Å². The number of likely N-dealkylation sites (tertiary alicyclic amines) is 1. The highest BCUT2D eigenvalue weighted by molar-refractivity contribution is 14.0. The zero-order valence-corrected chi connectivity index (χ0v) is 20.4. The number of hydrogen-bond donors (Lipinski definition) is 2. The summed E-state index contributed by atoms with van der Waals surface area (Å²) in [6.07, 6.45) is 3.84. The molecule has 2 heterocycles. The predicted octanol–water partition coefficient (Wildman–Crippen LogP) is 3.21. The van der Waals surface area contributed by atoms with E-state index in [9.17, 15) is 4.79 Å². The Hall–Kier alpha value is -1.03. The molecule has 1 aromatic carbocycles. The highest BCUT2D eigenvalue weighted by Crippen LogP contribution is 2.22. The first-order valence-electron chi connectivity index (χ1n) is 9.99. The second-order valence-corrected chi connectivity index (χ2v) is 8.07. The normalized spacial score (nSPS) is 19.5. The standard InChI is InChI=1S/C20H30BrN5O.HI/c1-2-22-20(23-11-9-19(27)25-12-3-4-13-25)24-17-10-14-26(15-17)18-7-5-16(21)6-8-18;/h5-8,17H,2-4,9-15H2,1H3,(H2,22,23,24);1H. The first kappa shape index (κ1) is 23.3. The van der Waals surface area contributed by atoms with E-state index in [1.165, 1.54) is 5.69 Å². The molecule has 0 spiro atoms. The number of benzene rings is 1. The van der Waals surface area contributed by atoms with Crippen LogP contribution in [-0.4, -0.2) is 62.1 Å². The van der Waals surface area contributed by atoms with E-state index in [1.807, 2.05) is 4.90 Å². The van der Waals surface area contributed by atoms with Crippen LogP contribution in [0.1, 0.15) is 32.6 Å². The molecule has 2 aliphatic heterocycles. The monoisotopic (exact) mass is 563 g/mol. The lowest BCUT2D eigenvalue weighted by atomic mass is 10.2. The van der Waals surface area contributed by atoms with Gasteiger partial charge in [-0.1, -0.05) is 15.9 Å². The second-order valence-electron chi connectivity index (χ2n) is 7.15. The summed E-state index contributed by atoms with van der Waals surface area (Å²) >= 11 is 3.49. The van der Waals surface area contributed by atoms with E-state index in [-0.39, 0.29) is 29.9 Å². The molecular weight excluding hydrogens is 533 g/mol. The van der Waals surface area contributed by atoms with Crippen LogP contribution in [0.15, 0.2) is 33.7 Å². The quantitative estimate of drug-likeness (QED) is 0.317. The highest BCUT2D eigenvalue weighted by Gasteiger charge is 2.23. The van der Waals surface area contributed by atoms with Crippen molar-refractivity contribution in [1.82, 2.24) is 15.5 Å². The minimum atomic E-state index is 0. The molecule has 1 amide bonds.